The molecular formula is C19H31N3O4S. The van der Waals surface area contributed by atoms with Gasteiger partial charge in [0.1, 0.15) is 0 Å². The fourth-order valence-electron chi connectivity index (χ4n) is 3.41. The van der Waals surface area contributed by atoms with Gasteiger partial charge in [0, 0.05) is 38.8 Å². The molecule has 0 unspecified atom stereocenters. The second kappa shape index (κ2) is 9.64. The SMILES string of the molecule is COC(=O)c1ccc(CN2CCC(N(CCN(C)C)S(C)(=O)=O)CC2)cc1. The zero-order chi connectivity index (χ0) is 20.0. The van der Waals surface area contributed by atoms with Gasteiger partial charge >= 0.3 is 5.97 Å². The number of hydrogen-bond donors (Lipinski definition) is 0. The maximum absolute atomic E-state index is 12.2. The lowest BCUT2D eigenvalue weighted by Gasteiger charge is -2.37. The van der Waals surface area contributed by atoms with Crippen molar-refractivity contribution in [1.82, 2.24) is 14.1 Å². The molecule has 0 N–H and O–H groups in total. The monoisotopic (exact) mass is 397 g/mol. The van der Waals surface area contributed by atoms with Crippen LogP contribution in [-0.2, 0) is 21.3 Å². The summed E-state index contributed by atoms with van der Waals surface area (Å²) in [5, 5.41) is 0. The molecule has 0 atom stereocenters. The molecule has 0 saturated carbocycles. The number of methoxy groups -OCH3 is 1. The summed E-state index contributed by atoms with van der Waals surface area (Å²) in [4.78, 5) is 15.8. The van der Waals surface area contributed by atoms with Gasteiger partial charge in [0.05, 0.1) is 18.9 Å². The van der Waals surface area contributed by atoms with Gasteiger partial charge in [-0.25, -0.2) is 13.2 Å². The molecule has 8 heteroatoms. The van der Waals surface area contributed by atoms with Gasteiger partial charge in [-0.3, -0.25) is 4.90 Å². The molecule has 0 spiro atoms. The van der Waals surface area contributed by atoms with E-state index in [1.807, 2.05) is 31.1 Å². The molecule has 1 saturated heterocycles. The summed E-state index contributed by atoms with van der Waals surface area (Å²) in [6, 6.07) is 7.51. The number of ether oxygens (including phenoxy) is 1. The van der Waals surface area contributed by atoms with Gasteiger partial charge in [0.25, 0.3) is 0 Å². The fraction of sp³-hybridized carbons (Fsp3) is 0.632. The molecule has 1 aromatic rings. The molecule has 2 rings (SSSR count). The lowest BCUT2D eigenvalue weighted by Crippen LogP contribution is -2.48. The summed E-state index contributed by atoms with van der Waals surface area (Å²) in [6.07, 6.45) is 2.97. The minimum absolute atomic E-state index is 0.0675. The highest BCUT2D eigenvalue weighted by Crippen LogP contribution is 2.21. The third-order valence-corrected chi connectivity index (χ3v) is 6.27. The smallest absolute Gasteiger partial charge is 0.337 e. The van der Waals surface area contributed by atoms with Crippen LogP contribution in [0.5, 0.6) is 0 Å². The number of rotatable bonds is 8. The molecule has 0 amide bonds. The Morgan fingerprint density at radius 1 is 1.15 bits per heavy atom. The molecule has 1 aliphatic rings. The maximum atomic E-state index is 12.2. The molecular weight excluding hydrogens is 366 g/mol. The van der Waals surface area contributed by atoms with Crippen LogP contribution in [0, 0.1) is 0 Å². The van der Waals surface area contributed by atoms with Crippen molar-refractivity contribution in [1.29, 1.82) is 0 Å². The molecule has 1 aliphatic heterocycles. The third-order valence-electron chi connectivity index (χ3n) is 4.94. The van der Waals surface area contributed by atoms with Crippen LogP contribution < -0.4 is 0 Å². The lowest BCUT2D eigenvalue weighted by atomic mass is 10.0. The fourth-order valence-corrected chi connectivity index (χ4v) is 4.57. The first-order valence-corrected chi connectivity index (χ1v) is 11.1. The Hall–Kier alpha value is -1.48. The van der Waals surface area contributed by atoms with Crippen molar-refractivity contribution < 1.29 is 17.9 Å². The zero-order valence-corrected chi connectivity index (χ0v) is 17.5. The van der Waals surface area contributed by atoms with E-state index in [0.29, 0.717) is 12.1 Å². The number of benzene rings is 1. The molecule has 0 bridgehead atoms. The average molecular weight is 398 g/mol. The summed E-state index contributed by atoms with van der Waals surface area (Å²) >= 11 is 0. The third kappa shape index (κ3) is 6.57. The van der Waals surface area contributed by atoms with Gasteiger partial charge in [-0.15, -0.1) is 0 Å². The number of carbonyl (C=O) groups is 1. The second-order valence-electron chi connectivity index (χ2n) is 7.37. The van der Waals surface area contributed by atoms with Crippen molar-refractivity contribution in [3.8, 4) is 0 Å². The molecule has 1 fully saturated rings. The summed E-state index contributed by atoms with van der Waals surface area (Å²) in [5.41, 5.74) is 1.68. The highest BCUT2D eigenvalue weighted by atomic mass is 32.2. The van der Waals surface area contributed by atoms with Crippen molar-refractivity contribution in [2.75, 3.05) is 53.6 Å². The molecule has 1 aromatic carbocycles. The van der Waals surface area contributed by atoms with Gasteiger partial charge in [0.15, 0.2) is 0 Å². The number of esters is 1. The summed E-state index contributed by atoms with van der Waals surface area (Å²) in [6.45, 7) is 3.77. The van der Waals surface area contributed by atoms with E-state index >= 15 is 0 Å². The zero-order valence-electron chi connectivity index (χ0n) is 16.7. The average Bonchev–Trinajstić information content (AvgIpc) is 2.62. The Bertz CT molecular complexity index is 711. The molecule has 1 heterocycles. The van der Waals surface area contributed by atoms with Crippen molar-refractivity contribution in [2.24, 2.45) is 0 Å². The summed E-state index contributed by atoms with van der Waals surface area (Å²) in [7, 11) is 2.07. The van der Waals surface area contributed by atoms with Crippen molar-refractivity contribution in [3.05, 3.63) is 35.4 Å². The molecule has 27 heavy (non-hydrogen) atoms. The number of piperidine rings is 1. The Morgan fingerprint density at radius 3 is 2.22 bits per heavy atom. The van der Waals surface area contributed by atoms with E-state index in [9.17, 15) is 13.2 Å². The van der Waals surface area contributed by atoms with Crippen LogP contribution >= 0.6 is 0 Å². The lowest BCUT2D eigenvalue weighted by molar-refractivity contribution is 0.0600. The number of hydrogen-bond acceptors (Lipinski definition) is 6. The van der Waals surface area contributed by atoms with Crippen LogP contribution in [0.4, 0.5) is 0 Å². The summed E-state index contributed by atoms with van der Waals surface area (Å²) in [5.74, 6) is -0.332. The highest BCUT2D eigenvalue weighted by Gasteiger charge is 2.30. The minimum atomic E-state index is -3.21. The van der Waals surface area contributed by atoms with Gasteiger partial charge in [-0.2, -0.15) is 4.31 Å². The van der Waals surface area contributed by atoms with E-state index in [-0.39, 0.29) is 12.0 Å². The number of carbonyl (C=O) groups excluding carboxylic acids is 1. The van der Waals surface area contributed by atoms with Crippen LogP contribution in [0.1, 0.15) is 28.8 Å². The highest BCUT2D eigenvalue weighted by molar-refractivity contribution is 7.88. The Morgan fingerprint density at radius 2 is 1.74 bits per heavy atom. The Balaban J connectivity index is 1.90. The minimum Gasteiger partial charge on any atom is -0.465 e. The van der Waals surface area contributed by atoms with E-state index in [4.69, 9.17) is 4.74 Å². The first-order chi connectivity index (χ1) is 12.7. The Labute approximate surface area is 162 Å². The largest absolute Gasteiger partial charge is 0.465 e. The van der Waals surface area contributed by atoms with E-state index in [2.05, 4.69) is 4.90 Å². The van der Waals surface area contributed by atoms with Gasteiger partial charge in [0.2, 0.25) is 10.0 Å². The number of nitrogens with zero attached hydrogens (tertiary/aromatic N) is 3. The topological polar surface area (TPSA) is 70.2 Å². The molecule has 152 valence electrons. The summed E-state index contributed by atoms with van der Waals surface area (Å²) < 4.78 is 30.7. The molecule has 7 nitrogen and oxygen atoms in total. The van der Waals surface area contributed by atoms with Gasteiger partial charge in [-0.05, 0) is 44.6 Å². The Kier molecular flexibility index (Phi) is 7.79. The van der Waals surface area contributed by atoms with Crippen LogP contribution in [-0.4, -0.2) is 88.2 Å². The first-order valence-electron chi connectivity index (χ1n) is 9.22. The predicted molar refractivity (Wildman–Crippen MR) is 106 cm³/mol. The van der Waals surface area contributed by atoms with Crippen molar-refractivity contribution in [2.45, 2.75) is 25.4 Å². The van der Waals surface area contributed by atoms with Crippen molar-refractivity contribution in [3.63, 3.8) is 0 Å². The standard InChI is InChI=1S/C19H31N3O4S/c1-20(2)13-14-22(27(4,24)25)18-9-11-21(12-10-18)15-16-5-7-17(8-6-16)19(23)26-3/h5-8,18H,9-15H2,1-4H3. The number of likely N-dealkylation sites (tertiary alicyclic amines) is 1. The van der Waals surface area contributed by atoms with Crippen LogP contribution in [0.25, 0.3) is 0 Å². The van der Waals surface area contributed by atoms with E-state index < -0.39 is 10.0 Å². The number of likely N-dealkylation sites (N-methyl/N-ethyl adjacent to an activating group) is 1. The van der Waals surface area contributed by atoms with Crippen LogP contribution in [0.3, 0.4) is 0 Å². The van der Waals surface area contributed by atoms with Gasteiger partial charge < -0.3 is 9.64 Å². The first kappa shape index (κ1) is 21.8. The van der Waals surface area contributed by atoms with Gasteiger partial charge in [-0.1, -0.05) is 12.1 Å². The molecule has 0 radical (unpaired) electrons. The predicted octanol–water partition coefficient (Wildman–Crippen LogP) is 1.26. The van der Waals surface area contributed by atoms with E-state index in [1.54, 1.807) is 16.4 Å². The number of sulfonamides is 1. The second-order valence-corrected chi connectivity index (χ2v) is 9.31. The molecule has 0 aromatic heterocycles. The maximum Gasteiger partial charge on any atom is 0.337 e. The normalized spacial score (nSPS) is 16.8. The molecule has 0 aliphatic carbocycles. The van der Waals surface area contributed by atoms with E-state index in [0.717, 1.165) is 44.6 Å². The van der Waals surface area contributed by atoms with Crippen molar-refractivity contribution >= 4 is 16.0 Å². The van der Waals surface area contributed by atoms with Crippen LogP contribution in [0.15, 0.2) is 24.3 Å². The quantitative estimate of drug-likeness (QED) is 0.615. The van der Waals surface area contributed by atoms with Crippen LogP contribution in [0.2, 0.25) is 0 Å². The van der Waals surface area contributed by atoms with E-state index in [1.165, 1.54) is 13.4 Å².